The van der Waals surface area contributed by atoms with Gasteiger partial charge in [-0.15, -0.1) is 0 Å². The fourth-order valence-electron chi connectivity index (χ4n) is 1.09. The van der Waals surface area contributed by atoms with Crippen molar-refractivity contribution in [2.24, 2.45) is 5.73 Å². The Morgan fingerprint density at radius 2 is 2.15 bits per heavy atom. The van der Waals surface area contributed by atoms with Gasteiger partial charge in [-0.2, -0.15) is 5.26 Å². The first-order chi connectivity index (χ1) is 6.29. The number of morpholine rings is 1. The quantitative estimate of drug-likeness (QED) is 0.364. The number of ether oxygens (including phenoxy) is 1. The smallest absolute Gasteiger partial charge is 0.121 e. The monoisotopic (exact) mass is 197 g/mol. The maximum atomic E-state index is 8.68. The van der Waals surface area contributed by atoms with Gasteiger partial charge in [0.15, 0.2) is 0 Å². The molecule has 0 spiro atoms. The zero-order chi connectivity index (χ0) is 9.68. The summed E-state index contributed by atoms with van der Waals surface area (Å²) in [6, 6.07) is 1.96. The fraction of sp³-hybridized carbons (Fsp3) is 0.500. The molecule has 0 unspecified atom stereocenters. The van der Waals surface area contributed by atoms with E-state index in [0.717, 1.165) is 13.1 Å². The van der Waals surface area contributed by atoms with Crippen LogP contribution < -0.4 is 5.73 Å². The number of rotatable bonds is 1. The molecule has 0 amide bonds. The van der Waals surface area contributed by atoms with Gasteiger partial charge < -0.3 is 15.4 Å². The van der Waals surface area contributed by atoms with Crippen LogP contribution >= 0.6 is 12.2 Å². The summed E-state index contributed by atoms with van der Waals surface area (Å²) in [5.74, 6) is 0. The molecule has 1 rings (SSSR count). The van der Waals surface area contributed by atoms with E-state index in [1.165, 1.54) is 6.20 Å². The summed E-state index contributed by atoms with van der Waals surface area (Å²) in [6.45, 7) is 2.78. The molecule has 0 atom stereocenters. The summed E-state index contributed by atoms with van der Waals surface area (Å²) in [5, 5.41) is 8.68. The minimum absolute atomic E-state index is 0.358. The zero-order valence-corrected chi connectivity index (χ0v) is 8.01. The van der Waals surface area contributed by atoms with Gasteiger partial charge in [0, 0.05) is 19.3 Å². The highest BCUT2D eigenvalue weighted by molar-refractivity contribution is 7.80. The van der Waals surface area contributed by atoms with Crippen molar-refractivity contribution in [1.29, 1.82) is 5.26 Å². The minimum Gasteiger partial charge on any atom is -0.403 e. The molecule has 1 aliphatic heterocycles. The predicted octanol–water partition coefficient (Wildman–Crippen LogP) is 0.0122. The summed E-state index contributed by atoms with van der Waals surface area (Å²) in [4.78, 5) is 2.45. The van der Waals surface area contributed by atoms with Gasteiger partial charge >= 0.3 is 0 Å². The second-order valence-corrected chi connectivity index (χ2v) is 2.98. The van der Waals surface area contributed by atoms with Crippen molar-refractivity contribution in [3.8, 4) is 6.07 Å². The van der Waals surface area contributed by atoms with E-state index in [1.54, 1.807) is 0 Å². The molecule has 0 aliphatic carbocycles. The first kappa shape index (κ1) is 9.96. The van der Waals surface area contributed by atoms with Crippen LogP contribution in [0.3, 0.4) is 0 Å². The van der Waals surface area contributed by atoms with Crippen molar-refractivity contribution in [1.82, 2.24) is 4.90 Å². The lowest BCUT2D eigenvalue weighted by atomic mass is 10.2. The van der Waals surface area contributed by atoms with Crippen molar-refractivity contribution in [2.75, 3.05) is 26.3 Å². The van der Waals surface area contributed by atoms with Crippen LogP contribution in [0, 0.1) is 11.3 Å². The van der Waals surface area contributed by atoms with Gasteiger partial charge in [-0.05, 0) is 0 Å². The molecule has 1 saturated heterocycles. The molecule has 1 aliphatic rings. The molecule has 70 valence electrons. The van der Waals surface area contributed by atoms with Gasteiger partial charge in [0.25, 0.3) is 0 Å². The highest BCUT2D eigenvalue weighted by Gasteiger charge is 2.16. The Bertz CT molecular complexity index is 263. The molecule has 1 fully saturated rings. The maximum absolute atomic E-state index is 8.68. The van der Waals surface area contributed by atoms with E-state index in [0.29, 0.717) is 23.8 Å². The van der Waals surface area contributed by atoms with E-state index in [1.807, 2.05) is 11.0 Å². The van der Waals surface area contributed by atoms with Gasteiger partial charge in [0.05, 0.1) is 13.2 Å². The number of nitrogens with zero attached hydrogens (tertiary/aromatic N) is 2. The molecule has 0 aromatic rings. The molecule has 2 N–H and O–H groups in total. The van der Waals surface area contributed by atoms with E-state index in [4.69, 9.17) is 28.0 Å². The van der Waals surface area contributed by atoms with Crippen molar-refractivity contribution in [3.63, 3.8) is 0 Å². The van der Waals surface area contributed by atoms with Gasteiger partial charge in [0.1, 0.15) is 16.6 Å². The first-order valence-corrected chi connectivity index (χ1v) is 4.39. The average Bonchev–Trinajstić information content (AvgIpc) is 2.21. The maximum Gasteiger partial charge on any atom is 0.121 e. The number of hydrogen-bond acceptors (Lipinski definition) is 4. The second kappa shape index (κ2) is 4.80. The van der Waals surface area contributed by atoms with Crippen LogP contribution in [0.5, 0.6) is 0 Å². The zero-order valence-electron chi connectivity index (χ0n) is 7.19. The van der Waals surface area contributed by atoms with Gasteiger partial charge in [0.2, 0.25) is 0 Å². The summed E-state index contributed by atoms with van der Waals surface area (Å²) in [7, 11) is 0. The van der Waals surface area contributed by atoms with Crippen LogP contribution in [-0.2, 0) is 4.74 Å². The third-order valence-electron chi connectivity index (χ3n) is 1.82. The SMILES string of the molecule is N#C/C(=C\N)C(=S)N1CCOCC1. The van der Waals surface area contributed by atoms with Crippen LogP contribution in [0.2, 0.25) is 0 Å². The van der Waals surface area contributed by atoms with Gasteiger partial charge in [-0.25, -0.2) is 0 Å². The Morgan fingerprint density at radius 3 is 2.62 bits per heavy atom. The number of hydrogen-bond donors (Lipinski definition) is 1. The Balaban J connectivity index is 2.61. The Hall–Kier alpha value is -1.12. The van der Waals surface area contributed by atoms with E-state index in [9.17, 15) is 0 Å². The van der Waals surface area contributed by atoms with Gasteiger partial charge in [-0.3, -0.25) is 0 Å². The highest BCUT2D eigenvalue weighted by Crippen LogP contribution is 2.05. The topological polar surface area (TPSA) is 62.3 Å². The molecule has 0 radical (unpaired) electrons. The molecule has 5 heteroatoms. The summed E-state index contributed by atoms with van der Waals surface area (Å²) >= 11 is 5.09. The fourth-order valence-corrected chi connectivity index (χ4v) is 1.39. The Labute approximate surface area is 82.6 Å². The molecular formula is C8H11N3OS. The standard InChI is InChI=1S/C8H11N3OS/c9-5-7(6-10)8(13)11-1-3-12-4-2-11/h5H,1-4,9H2/b7-5+. The van der Waals surface area contributed by atoms with E-state index in [-0.39, 0.29) is 0 Å². The third-order valence-corrected chi connectivity index (χ3v) is 2.29. The molecule has 1 heterocycles. The van der Waals surface area contributed by atoms with E-state index >= 15 is 0 Å². The normalized spacial score (nSPS) is 18.1. The minimum atomic E-state index is 0.358. The summed E-state index contributed by atoms with van der Waals surface area (Å²) in [5.41, 5.74) is 5.62. The number of nitriles is 1. The highest BCUT2D eigenvalue weighted by atomic mass is 32.1. The van der Waals surface area contributed by atoms with E-state index < -0.39 is 0 Å². The molecule has 4 nitrogen and oxygen atoms in total. The lowest BCUT2D eigenvalue weighted by Crippen LogP contribution is -2.40. The van der Waals surface area contributed by atoms with Crippen LogP contribution in [-0.4, -0.2) is 36.2 Å². The number of nitrogens with two attached hydrogens (primary N) is 1. The predicted molar refractivity (Wildman–Crippen MR) is 52.9 cm³/mol. The van der Waals surface area contributed by atoms with Crippen LogP contribution in [0.15, 0.2) is 11.8 Å². The Morgan fingerprint density at radius 1 is 1.54 bits per heavy atom. The molecular weight excluding hydrogens is 186 g/mol. The van der Waals surface area contributed by atoms with E-state index in [2.05, 4.69) is 0 Å². The molecule has 0 bridgehead atoms. The molecule has 0 saturated carbocycles. The van der Waals surface area contributed by atoms with Crippen LogP contribution in [0.4, 0.5) is 0 Å². The largest absolute Gasteiger partial charge is 0.403 e. The summed E-state index contributed by atoms with van der Waals surface area (Å²) < 4.78 is 5.16. The lowest BCUT2D eigenvalue weighted by Gasteiger charge is -2.28. The van der Waals surface area contributed by atoms with Crippen LogP contribution in [0.25, 0.3) is 0 Å². The molecule has 0 aromatic carbocycles. The first-order valence-electron chi connectivity index (χ1n) is 3.98. The van der Waals surface area contributed by atoms with Crippen molar-refractivity contribution < 1.29 is 4.74 Å². The average molecular weight is 197 g/mol. The second-order valence-electron chi connectivity index (χ2n) is 2.60. The van der Waals surface area contributed by atoms with Crippen LogP contribution in [0.1, 0.15) is 0 Å². The molecule has 13 heavy (non-hydrogen) atoms. The Kier molecular flexibility index (Phi) is 3.68. The number of thiocarbonyl (C=S) groups is 1. The lowest BCUT2D eigenvalue weighted by molar-refractivity contribution is 0.0693. The van der Waals surface area contributed by atoms with Crippen molar-refractivity contribution in [3.05, 3.63) is 11.8 Å². The van der Waals surface area contributed by atoms with Crippen molar-refractivity contribution >= 4 is 17.2 Å². The third kappa shape index (κ3) is 2.41. The van der Waals surface area contributed by atoms with Crippen molar-refractivity contribution in [2.45, 2.75) is 0 Å². The van der Waals surface area contributed by atoms with Gasteiger partial charge in [-0.1, -0.05) is 12.2 Å². The molecule has 0 aromatic heterocycles. The summed E-state index contributed by atoms with van der Waals surface area (Å²) in [6.07, 6.45) is 1.25.